The maximum absolute atomic E-state index is 6.09. The van der Waals surface area contributed by atoms with Gasteiger partial charge in [-0.05, 0) is 38.3 Å². The maximum atomic E-state index is 6.09. The Hall–Kier alpha value is -1.88. The quantitative estimate of drug-likeness (QED) is 0.895. The van der Waals surface area contributed by atoms with Crippen molar-refractivity contribution in [1.82, 2.24) is 10.1 Å². The van der Waals surface area contributed by atoms with Gasteiger partial charge in [0.1, 0.15) is 11.4 Å². The van der Waals surface area contributed by atoms with Crippen LogP contribution in [0.3, 0.4) is 0 Å². The second-order valence-corrected chi connectivity index (χ2v) is 5.37. The summed E-state index contributed by atoms with van der Waals surface area (Å²) >= 11 is 0. The molecular formula is C14H17N3O2. The highest BCUT2D eigenvalue weighted by Crippen LogP contribution is 2.39. The van der Waals surface area contributed by atoms with E-state index < -0.39 is 0 Å². The molecule has 2 heterocycles. The molecule has 0 amide bonds. The Bertz CT molecular complexity index is 604. The Morgan fingerprint density at radius 3 is 2.95 bits per heavy atom. The molecule has 1 aromatic carbocycles. The third-order valence-corrected chi connectivity index (χ3v) is 3.35. The predicted molar refractivity (Wildman–Crippen MR) is 70.7 cm³/mol. The lowest BCUT2D eigenvalue weighted by atomic mass is 9.92. The van der Waals surface area contributed by atoms with E-state index in [-0.39, 0.29) is 12.1 Å². The molecule has 5 nitrogen and oxygen atoms in total. The van der Waals surface area contributed by atoms with E-state index in [1.807, 2.05) is 12.1 Å². The number of nitrogens with zero attached hydrogens (tertiary/aromatic N) is 2. The molecule has 0 aliphatic carbocycles. The minimum absolute atomic E-state index is 0.163. The number of ether oxygens (including phenoxy) is 1. The minimum atomic E-state index is -0.163. The molecule has 3 rings (SSSR count). The number of aromatic nitrogens is 2. The highest BCUT2D eigenvalue weighted by molar-refractivity contribution is 5.66. The van der Waals surface area contributed by atoms with Crippen LogP contribution < -0.4 is 10.5 Å². The molecule has 2 N–H and O–H groups in total. The van der Waals surface area contributed by atoms with Gasteiger partial charge in [0, 0.05) is 0 Å². The topological polar surface area (TPSA) is 74.2 Å². The molecule has 1 aliphatic heterocycles. The normalized spacial score (nSPS) is 16.8. The fraction of sp³-hybridized carbons (Fsp3) is 0.429. The van der Waals surface area contributed by atoms with Crippen LogP contribution in [-0.4, -0.2) is 15.7 Å². The van der Waals surface area contributed by atoms with Crippen LogP contribution in [0.25, 0.3) is 11.4 Å². The second-order valence-electron chi connectivity index (χ2n) is 5.37. The molecule has 19 heavy (non-hydrogen) atoms. The SMILES string of the molecule is CC1(C)CCc2cccc(-c3noc(CN)n3)c2O1. The van der Waals surface area contributed by atoms with E-state index in [1.54, 1.807) is 0 Å². The Morgan fingerprint density at radius 1 is 1.37 bits per heavy atom. The zero-order valence-electron chi connectivity index (χ0n) is 11.1. The van der Waals surface area contributed by atoms with Gasteiger partial charge in [0.05, 0.1) is 12.1 Å². The molecule has 0 radical (unpaired) electrons. The number of para-hydroxylation sites is 1. The van der Waals surface area contributed by atoms with Crippen molar-refractivity contribution in [3.05, 3.63) is 29.7 Å². The van der Waals surface area contributed by atoms with Crippen molar-refractivity contribution in [2.75, 3.05) is 0 Å². The van der Waals surface area contributed by atoms with Crippen LogP contribution >= 0.6 is 0 Å². The van der Waals surface area contributed by atoms with E-state index in [2.05, 4.69) is 30.1 Å². The van der Waals surface area contributed by atoms with Crippen LogP contribution in [0.5, 0.6) is 5.75 Å². The molecule has 0 saturated carbocycles. The molecule has 1 aromatic heterocycles. The summed E-state index contributed by atoms with van der Waals surface area (Å²) in [5.74, 6) is 1.83. The number of nitrogens with two attached hydrogens (primary N) is 1. The van der Waals surface area contributed by atoms with Gasteiger partial charge in [-0.15, -0.1) is 0 Å². The van der Waals surface area contributed by atoms with Crippen LogP contribution in [0, 0.1) is 0 Å². The third kappa shape index (κ3) is 2.21. The lowest BCUT2D eigenvalue weighted by Crippen LogP contribution is -2.32. The highest BCUT2D eigenvalue weighted by Gasteiger charge is 2.29. The van der Waals surface area contributed by atoms with Gasteiger partial charge in [-0.25, -0.2) is 0 Å². The number of hydrogen-bond acceptors (Lipinski definition) is 5. The Balaban J connectivity index is 2.07. The first-order valence-electron chi connectivity index (χ1n) is 6.43. The van der Waals surface area contributed by atoms with Gasteiger partial charge in [0.15, 0.2) is 0 Å². The lowest BCUT2D eigenvalue weighted by Gasteiger charge is -2.33. The summed E-state index contributed by atoms with van der Waals surface area (Å²) < 4.78 is 11.2. The van der Waals surface area contributed by atoms with Crippen molar-refractivity contribution in [3.63, 3.8) is 0 Å². The molecule has 0 atom stereocenters. The van der Waals surface area contributed by atoms with Gasteiger partial charge in [-0.1, -0.05) is 17.3 Å². The van der Waals surface area contributed by atoms with E-state index >= 15 is 0 Å². The van der Waals surface area contributed by atoms with Gasteiger partial charge in [-0.3, -0.25) is 0 Å². The lowest BCUT2D eigenvalue weighted by molar-refractivity contribution is 0.0854. The molecule has 100 valence electrons. The van der Waals surface area contributed by atoms with E-state index in [4.69, 9.17) is 15.0 Å². The van der Waals surface area contributed by atoms with Gasteiger partial charge in [-0.2, -0.15) is 4.98 Å². The monoisotopic (exact) mass is 259 g/mol. The molecule has 0 unspecified atom stereocenters. The first-order valence-corrected chi connectivity index (χ1v) is 6.43. The number of hydrogen-bond donors (Lipinski definition) is 1. The average molecular weight is 259 g/mol. The minimum Gasteiger partial charge on any atom is -0.487 e. The molecule has 0 saturated heterocycles. The van der Waals surface area contributed by atoms with Crippen molar-refractivity contribution in [3.8, 4) is 17.1 Å². The number of aryl methyl sites for hydroxylation is 1. The van der Waals surface area contributed by atoms with Crippen LogP contribution in [0.4, 0.5) is 0 Å². The predicted octanol–water partition coefficient (Wildman–Crippen LogP) is 2.30. The van der Waals surface area contributed by atoms with Crippen molar-refractivity contribution in [1.29, 1.82) is 0 Å². The summed E-state index contributed by atoms with van der Waals surface area (Å²) in [6, 6.07) is 6.03. The van der Waals surface area contributed by atoms with Crippen LogP contribution in [-0.2, 0) is 13.0 Å². The van der Waals surface area contributed by atoms with Crippen molar-refractivity contribution in [2.45, 2.75) is 38.8 Å². The average Bonchev–Trinajstić information content (AvgIpc) is 2.85. The second kappa shape index (κ2) is 4.35. The smallest absolute Gasteiger partial charge is 0.240 e. The summed E-state index contributed by atoms with van der Waals surface area (Å²) in [6.45, 7) is 4.43. The van der Waals surface area contributed by atoms with Gasteiger partial charge < -0.3 is 15.0 Å². The van der Waals surface area contributed by atoms with Crippen molar-refractivity contribution >= 4 is 0 Å². The Labute approximate surface area is 111 Å². The first-order chi connectivity index (χ1) is 9.09. The van der Waals surface area contributed by atoms with E-state index in [1.165, 1.54) is 5.56 Å². The maximum Gasteiger partial charge on any atom is 0.240 e. The first kappa shape index (κ1) is 12.2. The summed E-state index contributed by atoms with van der Waals surface area (Å²) in [5, 5.41) is 3.97. The van der Waals surface area contributed by atoms with Crippen LogP contribution in [0.1, 0.15) is 31.7 Å². The zero-order chi connectivity index (χ0) is 13.5. The van der Waals surface area contributed by atoms with Gasteiger partial charge in [0.25, 0.3) is 0 Å². The highest BCUT2D eigenvalue weighted by atomic mass is 16.5. The standard InChI is InChI=1S/C14H17N3O2/c1-14(2)7-6-9-4-3-5-10(12(9)18-14)13-16-11(8-15)19-17-13/h3-5H,6-8,15H2,1-2H3. The molecular weight excluding hydrogens is 242 g/mol. The number of fused-ring (bicyclic) bond motifs is 1. The largest absolute Gasteiger partial charge is 0.487 e. The summed E-state index contributed by atoms with van der Waals surface area (Å²) in [5.41, 5.74) is 7.39. The van der Waals surface area contributed by atoms with Crippen LogP contribution in [0.15, 0.2) is 22.7 Å². The van der Waals surface area contributed by atoms with Crippen molar-refractivity contribution < 1.29 is 9.26 Å². The summed E-state index contributed by atoms with van der Waals surface area (Å²) in [6.07, 6.45) is 2.00. The van der Waals surface area contributed by atoms with Crippen molar-refractivity contribution in [2.24, 2.45) is 5.73 Å². The van der Waals surface area contributed by atoms with E-state index in [0.29, 0.717) is 11.7 Å². The molecule has 0 bridgehead atoms. The molecule has 2 aromatic rings. The van der Waals surface area contributed by atoms with E-state index in [0.717, 1.165) is 24.2 Å². The van der Waals surface area contributed by atoms with Crippen LogP contribution in [0.2, 0.25) is 0 Å². The van der Waals surface area contributed by atoms with Gasteiger partial charge >= 0.3 is 0 Å². The molecule has 5 heteroatoms. The Kier molecular flexibility index (Phi) is 2.78. The summed E-state index contributed by atoms with van der Waals surface area (Å²) in [7, 11) is 0. The molecule has 1 aliphatic rings. The fourth-order valence-corrected chi connectivity index (χ4v) is 2.29. The van der Waals surface area contributed by atoms with E-state index in [9.17, 15) is 0 Å². The fourth-order valence-electron chi connectivity index (χ4n) is 2.29. The Morgan fingerprint density at radius 2 is 2.21 bits per heavy atom. The third-order valence-electron chi connectivity index (χ3n) is 3.35. The number of benzene rings is 1. The summed E-state index contributed by atoms with van der Waals surface area (Å²) in [4.78, 5) is 4.27. The number of rotatable bonds is 2. The molecule has 0 spiro atoms. The zero-order valence-corrected chi connectivity index (χ0v) is 11.1. The van der Waals surface area contributed by atoms with Gasteiger partial charge in [0.2, 0.25) is 11.7 Å². The molecule has 0 fully saturated rings.